The lowest BCUT2D eigenvalue weighted by molar-refractivity contribution is -0.137. The summed E-state index contributed by atoms with van der Waals surface area (Å²) in [6.07, 6.45) is 10.4. The van der Waals surface area contributed by atoms with Gasteiger partial charge in [-0.2, -0.15) is 5.10 Å². The van der Waals surface area contributed by atoms with Crippen LogP contribution < -0.4 is 26.6 Å². The van der Waals surface area contributed by atoms with Crippen LogP contribution in [0.1, 0.15) is 77.2 Å². The number of rotatable bonds is 23. The van der Waals surface area contributed by atoms with Crippen LogP contribution in [0.25, 0.3) is 11.3 Å². The standard InChI is InChI=1S/C40H55FN10O7S/c1-50-33(18-25-2-3-25)30(21-46-50)36-31(41)22-45-40(49-36)47-28-6-4-27(5-7-28)44-23-35(53)43-11-13-57-15-17-58-16-14-56-12-10-42-20-29-19-26-24-51(39(55)37(26)59-29)32-8-9-34(52)48-38(32)54/h19,21-22,25,27-28,32,42,44H,2-18,20,23-24H2,1H3,(H,43,53)(H,45,47,49)(H,48,52,54). The number of thiophene rings is 1. The van der Waals surface area contributed by atoms with E-state index >= 15 is 0 Å². The van der Waals surface area contributed by atoms with Crippen LogP contribution in [-0.4, -0.2) is 126 Å². The van der Waals surface area contributed by atoms with E-state index in [1.165, 1.54) is 30.4 Å². The smallest absolute Gasteiger partial charge is 0.265 e. The minimum absolute atomic E-state index is 0.0760. The van der Waals surface area contributed by atoms with Crippen LogP contribution >= 0.6 is 11.3 Å². The third-order valence-corrected chi connectivity index (χ3v) is 12.3. The Balaban J connectivity index is 0.656. The summed E-state index contributed by atoms with van der Waals surface area (Å²) >= 11 is 1.43. The fourth-order valence-electron chi connectivity index (χ4n) is 7.70. The first kappa shape index (κ1) is 42.7. The summed E-state index contributed by atoms with van der Waals surface area (Å²) in [6.45, 7) is 4.96. The molecule has 3 aromatic heterocycles. The van der Waals surface area contributed by atoms with Gasteiger partial charge in [-0.1, -0.05) is 0 Å². The number of carbonyl (C=O) groups excluding carboxylic acids is 4. The van der Waals surface area contributed by atoms with Gasteiger partial charge in [-0.05, 0) is 68.9 Å². The zero-order valence-electron chi connectivity index (χ0n) is 33.6. The molecule has 0 radical (unpaired) electrons. The molecule has 320 valence electrons. The molecule has 0 aromatic carbocycles. The van der Waals surface area contributed by atoms with Gasteiger partial charge < -0.3 is 40.4 Å². The van der Waals surface area contributed by atoms with E-state index in [0.29, 0.717) is 89.0 Å². The van der Waals surface area contributed by atoms with E-state index in [9.17, 15) is 23.6 Å². The number of anilines is 1. The van der Waals surface area contributed by atoms with Gasteiger partial charge >= 0.3 is 0 Å². The van der Waals surface area contributed by atoms with Crippen LogP contribution in [0.15, 0.2) is 18.5 Å². The average Bonchev–Trinajstić information content (AvgIpc) is 3.74. The highest BCUT2D eigenvalue weighted by atomic mass is 32.1. The summed E-state index contributed by atoms with van der Waals surface area (Å²) in [5.41, 5.74) is 2.95. The molecule has 4 amide bonds. The second kappa shape index (κ2) is 20.7. The predicted molar refractivity (Wildman–Crippen MR) is 216 cm³/mol. The van der Waals surface area contributed by atoms with E-state index < -0.39 is 17.8 Å². The van der Waals surface area contributed by atoms with Crippen molar-refractivity contribution in [2.45, 2.75) is 89.0 Å². The quantitative estimate of drug-likeness (QED) is 0.0687. The van der Waals surface area contributed by atoms with Gasteiger partial charge in [-0.15, -0.1) is 11.3 Å². The number of imide groups is 1. The second-order valence-electron chi connectivity index (χ2n) is 15.6. The molecule has 1 unspecified atom stereocenters. The fourth-order valence-corrected chi connectivity index (χ4v) is 8.79. The summed E-state index contributed by atoms with van der Waals surface area (Å²) in [6, 6.07) is 1.82. The number of nitrogens with zero attached hydrogens (tertiary/aromatic N) is 5. The highest BCUT2D eigenvalue weighted by Gasteiger charge is 2.40. The minimum Gasteiger partial charge on any atom is -0.378 e. The lowest BCUT2D eigenvalue weighted by atomic mass is 9.91. The van der Waals surface area contributed by atoms with Crippen LogP contribution in [0, 0.1) is 11.7 Å². The molecule has 4 aliphatic rings. The molecule has 0 spiro atoms. The predicted octanol–water partition coefficient (Wildman–Crippen LogP) is 2.06. The monoisotopic (exact) mass is 838 g/mol. The van der Waals surface area contributed by atoms with Crippen LogP contribution in [0.4, 0.5) is 10.3 Å². The maximum absolute atomic E-state index is 14.8. The Hall–Kier alpha value is -4.40. The van der Waals surface area contributed by atoms with Gasteiger partial charge in [-0.25, -0.2) is 14.4 Å². The third-order valence-electron chi connectivity index (χ3n) is 11.1. The van der Waals surface area contributed by atoms with Crippen molar-refractivity contribution in [2.75, 3.05) is 64.6 Å². The van der Waals surface area contributed by atoms with Crippen molar-refractivity contribution in [1.82, 2.24) is 45.9 Å². The van der Waals surface area contributed by atoms with Crippen molar-refractivity contribution in [2.24, 2.45) is 13.0 Å². The maximum Gasteiger partial charge on any atom is 0.265 e. The van der Waals surface area contributed by atoms with Gasteiger partial charge in [0.2, 0.25) is 23.7 Å². The number of nitrogens with one attached hydrogen (secondary N) is 5. The lowest BCUT2D eigenvalue weighted by Gasteiger charge is -2.29. The molecule has 5 N–H and O–H groups in total. The zero-order chi connectivity index (χ0) is 41.1. The molecule has 5 heterocycles. The molecule has 1 atom stereocenters. The summed E-state index contributed by atoms with van der Waals surface area (Å²) in [7, 11) is 1.89. The largest absolute Gasteiger partial charge is 0.378 e. The first-order chi connectivity index (χ1) is 28.7. The lowest BCUT2D eigenvalue weighted by Crippen LogP contribution is -2.52. The van der Waals surface area contributed by atoms with Crippen molar-refractivity contribution < 1.29 is 37.8 Å². The highest BCUT2D eigenvalue weighted by molar-refractivity contribution is 7.14. The normalized spacial score (nSPS) is 20.5. The third kappa shape index (κ3) is 11.9. The Labute approximate surface area is 346 Å². The molecule has 3 fully saturated rings. The molecule has 17 nitrogen and oxygen atoms in total. The van der Waals surface area contributed by atoms with Crippen LogP contribution in [0.5, 0.6) is 0 Å². The van der Waals surface area contributed by atoms with Gasteiger partial charge in [0.05, 0.1) is 63.5 Å². The highest BCUT2D eigenvalue weighted by Crippen LogP contribution is 2.36. The average molecular weight is 839 g/mol. The van der Waals surface area contributed by atoms with E-state index in [0.717, 1.165) is 53.8 Å². The summed E-state index contributed by atoms with van der Waals surface area (Å²) < 4.78 is 33.4. The van der Waals surface area contributed by atoms with E-state index in [4.69, 9.17) is 14.2 Å². The van der Waals surface area contributed by atoms with Crippen LogP contribution in [0.2, 0.25) is 0 Å². The maximum atomic E-state index is 14.8. The Morgan fingerprint density at radius 3 is 2.41 bits per heavy atom. The molecule has 3 aromatic rings. The Bertz CT molecular complexity index is 1930. The van der Waals surface area contributed by atoms with Crippen molar-refractivity contribution in [3.8, 4) is 11.3 Å². The number of piperidine rings is 1. The van der Waals surface area contributed by atoms with Crippen molar-refractivity contribution in [3.63, 3.8) is 0 Å². The van der Waals surface area contributed by atoms with Gasteiger partial charge in [0.1, 0.15) is 11.7 Å². The topological polar surface area (TPSA) is 203 Å². The number of hydrogen-bond donors (Lipinski definition) is 5. The fraction of sp³-hybridized carbons (Fsp3) is 0.625. The molecular weight excluding hydrogens is 784 g/mol. The van der Waals surface area contributed by atoms with Crippen LogP contribution in [-0.2, 0) is 55.2 Å². The zero-order valence-corrected chi connectivity index (χ0v) is 34.4. The van der Waals surface area contributed by atoms with E-state index in [-0.39, 0.29) is 48.5 Å². The number of hydrogen-bond acceptors (Lipinski definition) is 14. The van der Waals surface area contributed by atoms with Crippen molar-refractivity contribution in [3.05, 3.63) is 45.3 Å². The second-order valence-corrected chi connectivity index (χ2v) is 16.7. The van der Waals surface area contributed by atoms with Crippen molar-refractivity contribution in [1.29, 1.82) is 0 Å². The number of aromatic nitrogens is 4. The summed E-state index contributed by atoms with van der Waals surface area (Å²) in [5.74, 6) is -0.305. The summed E-state index contributed by atoms with van der Waals surface area (Å²) in [4.78, 5) is 61.0. The minimum atomic E-state index is -0.593. The van der Waals surface area contributed by atoms with Gasteiger partial charge in [0.25, 0.3) is 5.91 Å². The molecule has 1 saturated heterocycles. The van der Waals surface area contributed by atoms with Gasteiger partial charge in [0, 0.05) is 67.9 Å². The Morgan fingerprint density at radius 1 is 0.949 bits per heavy atom. The molecule has 0 bridgehead atoms. The Morgan fingerprint density at radius 2 is 1.68 bits per heavy atom. The number of aryl methyl sites for hydroxylation is 1. The first-order valence-corrected chi connectivity index (χ1v) is 21.5. The van der Waals surface area contributed by atoms with Gasteiger partial charge in [-0.3, -0.25) is 29.2 Å². The van der Waals surface area contributed by atoms with Crippen LogP contribution in [0.3, 0.4) is 0 Å². The van der Waals surface area contributed by atoms with E-state index in [2.05, 4.69) is 41.7 Å². The SMILES string of the molecule is Cn1ncc(-c2nc(NC3CCC(NCC(=O)NCCOCCOCCOCCNCc4cc5c(s4)C(=O)N(C4CCC(=O)NC4=O)C5)CC3)ncc2F)c1CC1CC1. The first-order valence-electron chi connectivity index (χ1n) is 20.7. The molecule has 7 rings (SSSR count). The number of halogens is 1. The number of fused-ring (bicyclic) bond motifs is 1. The molecular formula is C40H55FN10O7S. The Kier molecular flexibility index (Phi) is 15.0. The van der Waals surface area contributed by atoms with E-state index in [1.807, 2.05) is 17.8 Å². The number of amides is 4. The molecule has 2 saturated carbocycles. The molecule has 59 heavy (non-hydrogen) atoms. The summed E-state index contributed by atoms with van der Waals surface area (Å²) in [5, 5.41) is 19.7. The molecule has 2 aliphatic carbocycles. The number of carbonyl (C=O) groups is 4. The van der Waals surface area contributed by atoms with E-state index in [1.54, 1.807) is 11.1 Å². The molecule has 2 aliphatic heterocycles. The van der Waals surface area contributed by atoms with Gasteiger partial charge in [0.15, 0.2) is 5.82 Å². The van der Waals surface area contributed by atoms with Crippen molar-refractivity contribution >= 4 is 40.9 Å². The molecule has 19 heteroatoms. The number of ether oxygens (including phenoxy) is 3.